The van der Waals surface area contributed by atoms with Gasteiger partial charge in [0.25, 0.3) is 5.91 Å². The summed E-state index contributed by atoms with van der Waals surface area (Å²) in [5, 5.41) is 6.94. The van der Waals surface area contributed by atoms with Gasteiger partial charge in [0.1, 0.15) is 29.8 Å². The van der Waals surface area contributed by atoms with E-state index in [2.05, 4.69) is 16.1 Å². The normalized spacial score (nSPS) is 23.2. The zero-order chi connectivity index (χ0) is 26.4. The summed E-state index contributed by atoms with van der Waals surface area (Å²) >= 11 is 6.48. The van der Waals surface area contributed by atoms with Gasteiger partial charge in [-0.1, -0.05) is 11.6 Å². The molecule has 8 nitrogen and oxygen atoms in total. The van der Waals surface area contributed by atoms with E-state index in [0.717, 1.165) is 23.8 Å². The summed E-state index contributed by atoms with van der Waals surface area (Å²) in [6, 6.07) is 4.21. The van der Waals surface area contributed by atoms with Crippen LogP contribution < -0.4 is 20.8 Å². The van der Waals surface area contributed by atoms with Crippen LogP contribution in [0.4, 0.5) is 18.0 Å². The average Bonchev–Trinajstić information content (AvgIpc) is 3.41. The van der Waals surface area contributed by atoms with E-state index in [0.29, 0.717) is 30.8 Å². The van der Waals surface area contributed by atoms with Gasteiger partial charge in [0, 0.05) is 37.8 Å². The molecule has 37 heavy (non-hydrogen) atoms. The molecule has 0 radical (unpaired) electrons. The number of hydrogen-bond donors (Lipinski definition) is 3. The summed E-state index contributed by atoms with van der Waals surface area (Å²) in [6.07, 6.45) is 0.441. The van der Waals surface area contributed by atoms with E-state index >= 15 is 0 Å². The highest BCUT2D eigenvalue weighted by atomic mass is 35.5. The van der Waals surface area contributed by atoms with Crippen molar-refractivity contribution in [3.05, 3.63) is 69.5 Å². The van der Waals surface area contributed by atoms with E-state index < -0.39 is 23.4 Å². The number of carbonyl (C=O) groups excluding carboxylic acids is 2. The molecule has 3 heterocycles. The summed E-state index contributed by atoms with van der Waals surface area (Å²) < 4.78 is 47.9. The van der Waals surface area contributed by atoms with E-state index in [9.17, 15) is 22.8 Å². The van der Waals surface area contributed by atoms with Gasteiger partial charge in [0.05, 0.1) is 34.4 Å². The Kier molecular flexibility index (Phi) is 6.67. The van der Waals surface area contributed by atoms with Crippen LogP contribution in [0, 0.1) is 17.5 Å². The number of carbonyl (C=O) groups is 2. The minimum Gasteiger partial charge on any atom is -0.490 e. The summed E-state index contributed by atoms with van der Waals surface area (Å²) in [5.74, 6) is -2.50. The third-order valence-electron chi connectivity index (χ3n) is 6.86. The number of hydrogen-bond acceptors (Lipinski definition) is 5. The Morgan fingerprint density at radius 3 is 2.51 bits per heavy atom. The van der Waals surface area contributed by atoms with Crippen LogP contribution in [0.2, 0.25) is 5.02 Å². The Bertz CT molecular complexity index is 1290. The molecule has 1 unspecified atom stereocenters. The minimum absolute atomic E-state index is 0.00514. The smallest absolute Gasteiger partial charge is 0.315 e. The van der Waals surface area contributed by atoms with Crippen LogP contribution in [0.3, 0.4) is 0 Å². The van der Waals surface area contributed by atoms with Gasteiger partial charge in [0.2, 0.25) is 0 Å². The van der Waals surface area contributed by atoms with E-state index in [1.165, 1.54) is 12.1 Å². The van der Waals surface area contributed by atoms with Crippen LogP contribution in [-0.2, 0) is 0 Å². The number of ether oxygens (including phenoxy) is 1. The van der Waals surface area contributed by atoms with Crippen LogP contribution in [-0.4, -0.2) is 66.7 Å². The van der Waals surface area contributed by atoms with Crippen LogP contribution in [0.1, 0.15) is 29.3 Å². The maximum Gasteiger partial charge on any atom is 0.315 e. The zero-order valence-corrected chi connectivity index (χ0v) is 20.8. The molecular weight excluding hydrogens is 511 g/mol. The summed E-state index contributed by atoms with van der Waals surface area (Å²) in [7, 11) is 1.75. The van der Waals surface area contributed by atoms with Crippen LogP contribution in [0.25, 0.3) is 5.70 Å². The molecule has 3 aliphatic heterocycles. The first-order valence-electron chi connectivity index (χ1n) is 11.8. The highest BCUT2D eigenvalue weighted by Crippen LogP contribution is 2.38. The largest absolute Gasteiger partial charge is 0.490 e. The van der Waals surface area contributed by atoms with Crippen LogP contribution >= 0.6 is 11.6 Å². The Hall–Kier alpha value is -3.44. The minimum atomic E-state index is -0.685. The molecule has 196 valence electrons. The van der Waals surface area contributed by atoms with Crippen molar-refractivity contribution < 1.29 is 27.5 Å². The van der Waals surface area contributed by atoms with Gasteiger partial charge in [0.15, 0.2) is 0 Å². The predicted molar refractivity (Wildman–Crippen MR) is 130 cm³/mol. The number of nitrogens with one attached hydrogen (secondary N) is 3. The fraction of sp³-hybridized carbons (Fsp3) is 0.360. The molecule has 3 amide bonds. The van der Waals surface area contributed by atoms with Crippen molar-refractivity contribution in [2.45, 2.75) is 31.5 Å². The molecule has 0 aliphatic carbocycles. The SMILES string of the molecule is C[C@H]1C2NN(C)C(c3cc(F)cc(F)c3)=C2CCN1C(=O)c1cc(F)cc(OC[C@@H]2CNC(=O)N2)c1Cl. The number of urea groups is 1. The van der Waals surface area contributed by atoms with Gasteiger partial charge in [-0.05, 0) is 37.1 Å². The monoisotopic (exact) mass is 535 g/mol. The molecule has 3 N–H and O–H groups in total. The fourth-order valence-corrected chi connectivity index (χ4v) is 5.39. The first-order chi connectivity index (χ1) is 17.6. The van der Waals surface area contributed by atoms with Crippen molar-refractivity contribution in [1.82, 2.24) is 26.0 Å². The highest BCUT2D eigenvalue weighted by Gasteiger charge is 2.41. The van der Waals surface area contributed by atoms with Crippen LogP contribution in [0.5, 0.6) is 5.75 Å². The summed E-state index contributed by atoms with van der Waals surface area (Å²) in [4.78, 5) is 26.4. The number of rotatable bonds is 5. The van der Waals surface area contributed by atoms with E-state index in [1.807, 2.05) is 6.92 Å². The molecule has 2 fully saturated rings. The van der Waals surface area contributed by atoms with E-state index in [4.69, 9.17) is 16.3 Å². The van der Waals surface area contributed by atoms with Gasteiger partial charge in [-0.25, -0.2) is 23.4 Å². The third-order valence-corrected chi connectivity index (χ3v) is 7.25. The van der Waals surface area contributed by atoms with Gasteiger partial charge in [-0.2, -0.15) is 0 Å². The lowest BCUT2D eigenvalue weighted by Gasteiger charge is -2.39. The molecule has 2 aromatic carbocycles. The van der Waals surface area contributed by atoms with Crippen molar-refractivity contribution >= 4 is 29.2 Å². The van der Waals surface area contributed by atoms with Gasteiger partial charge >= 0.3 is 6.03 Å². The van der Waals surface area contributed by atoms with Crippen molar-refractivity contribution in [3.63, 3.8) is 0 Å². The fourth-order valence-electron chi connectivity index (χ4n) is 5.14. The van der Waals surface area contributed by atoms with Crippen LogP contribution in [0.15, 0.2) is 35.9 Å². The lowest BCUT2D eigenvalue weighted by atomic mass is 9.89. The van der Waals surface area contributed by atoms with Gasteiger partial charge in [-0.3, -0.25) is 4.79 Å². The molecular formula is C25H25ClF3N5O3. The standard InChI is InChI=1S/C25H25ClF3N5O3/c1-12-22-18(23(33(2)32-22)13-5-14(27)7-15(28)6-13)3-4-34(12)24(35)19-8-16(29)9-20(21(19)26)37-11-17-10-30-25(36)31-17/h5-9,12,17,22,32H,3-4,10-11H2,1-2H3,(H2,30,31,36)/t12-,17-,22?/m0/s1. The maximum absolute atomic E-state index is 14.5. The third kappa shape index (κ3) is 4.80. The molecule has 2 saturated heterocycles. The molecule has 0 saturated carbocycles. The topological polar surface area (TPSA) is 85.9 Å². The van der Waals surface area contributed by atoms with Gasteiger partial charge in [-0.15, -0.1) is 0 Å². The Morgan fingerprint density at radius 1 is 1.14 bits per heavy atom. The number of amides is 3. The summed E-state index contributed by atoms with van der Waals surface area (Å²) in [5.41, 5.74) is 5.22. The average molecular weight is 536 g/mol. The van der Waals surface area contributed by atoms with Crippen molar-refractivity contribution in [1.29, 1.82) is 0 Å². The number of halogens is 4. The molecule has 2 aromatic rings. The predicted octanol–water partition coefficient (Wildman–Crippen LogP) is 3.28. The Morgan fingerprint density at radius 2 is 1.84 bits per heavy atom. The molecule has 12 heteroatoms. The molecule has 0 spiro atoms. The number of likely N-dealkylation sites (tertiary alicyclic amines) is 1. The maximum atomic E-state index is 14.5. The Balaban J connectivity index is 1.38. The second-order valence-corrected chi connectivity index (χ2v) is 9.69. The lowest BCUT2D eigenvalue weighted by molar-refractivity contribution is 0.0617. The molecule has 3 aliphatic rings. The van der Waals surface area contributed by atoms with Crippen molar-refractivity contribution in [2.75, 3.05) is 26.7 Å². The Labute approximate surface area is 216 Å². The number of fused-ring (bicyclic) bond motifs is 1. The van der Waals surface area contributed by atoms with Gasteiger partial charge < -0.3 is 25.3 Å². The molecule has 5 rings (SSSR count). The number of piperidine rings is 1. The van der Waals surface area contributed by atoms with Crippen molar-refractivity contribution in [3.8, 4) is 5.75 Å². The second kappa shape index (κ2) is 9.79. The summed E-state index contributed by atoms with van der Waals surface area (Å²) in [6.45, 7) is 2.54. The lowest BCUT2D eigenvalue weighted by Crippen LogP contribution is -2.55. The van der Waals surface area contributed by atoms with E-state index in [-0.39, 0.29) is 47.1 Å². The highest BCUT2D eigenvalue weighted by molar-refractivity contribution is 6.35. The second-order valence-electron chi connectivity index (χ2n) is 9.31. The number of benzene rings is 2. The first kappa shape index (κ1) is 25.2. The van der Waals surface area contributed by atoms with Crippen molar-refractivity contribution in [2.24, 2.45) is 0 Å². The quantitative estimate of drug-likeness (QED) is 0.547. The molecule has 0 aromatic heterocycles. The molecule has 0 bridgehead atoms. The zero-order valence-electron chi connectivity index (χ0n) is 20.1. The first-order valence-corrected chi connectivity index (χ1v) is 12.2. The molecule has 3 atom stereocenters. The number of nitrogens with zero attached hydrogens (tertiary/aromatic N) is 2. The number of hydrazine groups is 1. The van der Waals surface area contributed by atoms with E-state index in [1.54, 1.807) is 17.0 Å².